The monoisotopic (exact) mass is 365 g/mol. The first-order valence-electron chi connectivity index (χ1n) is 6.95. The van der Waals surface area contributed by atoms with Crippen molar-refractivity contribution in [3.8, 4) is 10.4 Å². The van der Waals surface area contributed by atoms with Gasteiger partial charge in [-0.2, -0.15) is 0 Å². The quantitative estimate of drug-likeness (QED) is 0.881. The fraction of sp³-hybridized carbons (Fsp3) is 0.312. The van der Waals surface area contributed by atoms with Crippen molar-refractivity contribution in [1.29, 1.82) is 0 Å². The zero-order valence-electron chi connectivity index (χ0n) is 11.5. The number of likely N-dealkylation sites (tertiary alicyclic amines) is 1. The summed E-state index contributed by atoms with van der Waals surface area (Å²) >= 11 is 5.23. The molecule has 2 heterocycles. The van der Waals surface area contributed by atoms with Crippen LogP contribution in [0.5, 0.6) is 0 Å². The van der Waals surface area contributed by atoms with Gasteiger partial charge in [0.05, 0.1) is 0 Å². The number of carbonyl (C=O) groups is 1. The summed E-state index contributed by atoms with van der Waals surface area (Å²) in [5.74, 6) is -0.698. The minimum atomic E-state index is -0.698. The third-order valence-corrected chi connectivity index (χ3v) is 5.39. The van der Waals surface area contributed by atoms with Gasteiger partial charge in [-0.1, -0.05) is 28.1 Å². The van der Waals surface area contributed by atoms with Crippen LogP contribution < -0.4 is 0 Å². The molecule has 0 bridgehead atoms. The number of nitrogens with zero attached hydrogens (tertiary/aromatic N) is 1. The summed E-state index contributed by atoms with van der Waals surface area (Å²) < 4.78 is 1.07. The Hall–Kier alpha value is -1.17. The topological polar surface area (TPSA) is 40.5 Å². The van der Waals surface area contributed by atoms with Gasteiger partial charge in [0.15, 0.2) is 0 Å². The smallest absolute Gasteiger partial charge is 0.320 e. The molecule has 0 radical (unpaired) electrons. The van der Waals surface area contributed by atoms with E-state index in [0.29, 0.717) is 0 Å². The fourth-order valence-corrected chi connectivity index (χ4v) is 4.18. The molecule has 2 aromatic rings. The first-order valence-corrected chi connectivity index (χ1v) is 8.56. The lowest BCUT2D eigenvalue weighted by Crippen LogP contribution is -2.35. The van der Waals surface area contributed by atoms with E-state index in [1.54, 1.807) is 11.3 Å². The van der Waals surface area contributed by atoms with Gasteiger partial charge in [0, 0.05) is 20.8 Å². The van der Waals surface area contributed by atoms with Crippen LogP contribution >= 0.6 is 27.3 Å². The molecule has 1 aliphatic heterocycles. The number of thiophene rings is 1. The second-order valence-corrected chi connectivity index (χ2v) is 7.33. The van der Waals surface area contributed by atoms with Crippen LogP contribution in [0.2, 0.25) is 0 Å². The minimum Gasteiger partial charge on any atom is -0.480 e. The van der Waals surface area contributed by atoms with Crippen molar-refractivity contribution in [2.75, 3.05) is 6.54 Å². The van der Waals surface area contributed by atoms with Crippen LogP contribution in [0.3, 0.4) is 0 Å². The summed E-state index contributed by atoms with van der Waals surface area (Å²) in [5, 5.41) is 9.23. The highest BCUT2D eigenvalue weighted by atomic mass is 79.9. The summed E-state index contributed by atoms with van der Waals surface area (Å²) in [4.78, 5) is 15.7. The lowest BCUT2D eigenvalue weighted by molar-refractivity contribution is -0.142. The lowest BCUT2D eigenvalue weighted by Gasteiger charge is -2.19. The average Bonchev–Trinajstić information content (AvgIpc) is 3.08. The van der Waals surface area contributed by atoms with Gasteiger partial charge in [-0.3, -0.25) is 9.69 Å². The summed E-state index contributed by atoms with van der Waals surface area (Å²) in [7, 11) is 0. The maximum atomic E-state index is 11.2. The molecule has 0 spiro atoms. The highest BCUT2D eigenvalue weighted by molar-refractivity contribution is 9.10. The maximum Gasteiger partial charge on any atom is 0.320 e. The second kappa shape index (κ2) is 6.30. The Balaban J connectivity index is 1.75. The summed E-state index contributed by atoms with van der Waals surface area (Å²) in [6, 6.07) is 12.1. The van der Waals surface area contributed by atoms with Crippen molar-refractivity contribution in [1.82, 2.24) is 4.90 Å². The van der Waals surface area contributed by atoms with E-state index in [9.17, 15) is 9.90 Å². The van der Waals surface area contributed by atoms with Crippen molar-refractivity contribution in [3.05, 3.63) is 45.7 Å². The number of benzene rings is 1. The lowest BCUT2D eigenvalue weighted by atomic mass is 10.2. The third-order valence-electron chi connectivity index (χ3n) is 3.78. The first-order chi connectivity index (χ1) is 10.1. The Morgan fingerprint density at radius 3 is 3.00 bits per heavy atom. The molecule has 1 N–H and O–H groups in total. The third kappa shape index (κ3) is 3.36. The van der Waals surface area contributed by atoms with Crippen molar-refractivity contribution in [2.45, 2.75) is 25.4 Å². The van der Waals surface area contributed by atoms with Crippen molar-refractivity contribution in [3.63, 3.8) is 0 Å². The van der Waals surface area contributed by atoms with Crippen molar-refractivity contribution in [2.24, 2.45) is 0 Å². The van der Waals surface area contributed by atoms with Crippen LogP contribution in [0, 0.1) is 0 Å². The Labute approximate surface area is 136 Å². The largest absolute Gasteiger partial charge is 0.480 e. The standard InChI is InChI=1S/C16H16BrNO2S/c17-12-4-1-3-11(9-12)15-7-6-13(21-15)10-18-8-2-5-14(18)16(19)20/h1,3-4,6-7,9,14H,2,5,8,10H2,(H,19,20). The molecule has 1 fully saturated rings. The molecule has 0 aliphatic carbocycles. The normalized spacial score (nSPS) is 19.0. The van der Waals surface area contributed by atoms with Crippen molar-refractivity contribution >= 4 is 33.2 Å². The SMILES string of the molecule is O=C(O)C1CCCN1Cc1ccc(-c2cccc(Br)c2)s1. The summed E-state index contributed by atoms with van der Waals surface area (Å²) in [6.07, 6.45) is 1.74. The molecular formula is C16H16BrNO2S. The Morgan fingerprint density at radius 2 is 2.24 bits per heavy atom. The van der Waals surface area contributed by atoms with Crippen LogP contribution in [0.4, 0.5) is 0 Å². The molecule has 1 atom stereocenters. The van der Waals surface area contributed by atoms with E-state index in [-0.39, 0.29) is 6.04 Å². The van der Waals surface area contributed by atoms with Crippen molar-refractivity contribution < 1.29 is 9.90 Å². The molecule has 5 heteroatoms. The molecule has 1 aliphatic rings. The zero-order chi connectivity index (χ0) is 14.8. The number of carboxylic acids is 1. The molecule has 0 amide bonds. The molecule has 1 saturated heterocycles. The van der Waals surface area contributed by atoms with Gasteiger partial charge in [-0.25, -0.2) is 0 Å². The van der Waals surface area contributed by atoms with Gasteiger partial charge in [-0.15, -0.1) is 11.3 Å². The number of halogens is 1. The second-order valence-electron chi connectivity index (χ2n) is 5.24. The Bertz CT molecular complexity index is 655. The number of hydrogen-bond donors (Lipinski definition) is 1. The van der Waals surface area contributed by atoms with Gasteiger partial charge in [0.2, 0.25) is 0 Å². The molecule has 3 nitrogen and oxygen atoms in total. The van der Waals surface area contributed by atoms with E-state index in [2.05, 4.69) is 45.1 Å². The number of rotatable bonds is 4. The molecule has 110 valence electrons. The predicted molar refractivity (Wildman–Crippen MR) is 88.5 cm³/mol. The zero-order valence-corrected chi connectivity index (χ0v) is 13.9. The highest BCUT2D eigenvalue weighted by Gasteiger charge is 2.30. The predicted octanol–water partition coefficient (Wildman–Crippen LogP) is 4.23. The van der Waals surface area contributed by atoms with Gasteiger partial charge >= 0.3 is 5.97 Å². The molecule has 0 saturated carbocycles. The summed E-state index contributed by atoms with van der Waals surface area (Å²) in [6.45, 7) is 1.61. The molecule has 1 aromatic carbocycles. The number of carboxylic acid groups (broad SMARTS) is 1. The first kappa shape index (κ1) is 14.8. The Kier molecular flexibility index (Phi) is 4.42. The molecule has 1 aromatic heterocycles. The molecule has 21 heavy (non-hydrogen) atoms. The van der Waals surface area contributed by atoms with E-state index >= 15 is 0 Å². The Morgan fingerprint density at radius 1 is 1.38 bits per heavy atom. The molecular weight excluding hydrogens is 350 g/mol. The van der Waals surface area contributed by atoms with Gasteiger partial charge in [0.25, 0.3) is 0 Å². The van der Waals surface area contributed by atoms with Gasteiger partial charge < -0.3 is 5.11 Å². The van der Waals surface area contributed by atoms with Gasteiger partial charge in [-0.05, 0) is 49.2 Å². The van der Waals surface area contributed by atoms with Crippen LogP contribution in [-0.4, -0.2) is 28.6 Å². The minimum absolute atomic E-state index is 0.318. The van der Waals surface area contributed by atoms with Crippen LogP contribution in [0.15, 0.2) is 40.9 Å². The number of aliphatic carboxylic acids is 1. The van der Waals surface area contributed by atoms with E-state index in [1.165, 1.54) is 15.3 Å². The van der Waals surface area contributed by atoms with Crippen LogP contribution in [0.25, 0.3) is 10.4 Å². The van der Waals surface area contributed by atoms with Gasteiger partial charge in [0.1, 0.15) is 6.04 Å². The summed E-state index contributed by atoms with van der Waals surface area (Å²) in [5.41, 5.74) is 1.19. The molecule has 1 unspecified atom stereocenters. The average molecular weight is 366 g/mol. The fourth-order valence-electron chi connectivity index (χ4n) is 2.76. The molecule has 3 rings (SSSR count). The van der Waals surface area contributed by atoms with E-state index < -0.39 is 5.97 Å². The van der Waals surface area contributed by atoms with Crippen LogP contribution in [0.1, 0.15) is 17.7 Å². The highest BCUT2D eigenvalue weighted by Crippen LogP contribution is 2.31. The van der Waals surface area contributed by atoms with E-state index in [1.807, 2.05) is 12.1 Å². The van der Waals surface area contributed by atoms with E-state index in [0.717, 1.165) is 30.4 Å². The van der Waals surface area contributed by atoms with E-state index in [4.69, 9.17) is 0 Å². The van der Waals surface area contributed by atoms with Crippen LogP contribution in [-0.2, 0) is 11.3 Å². The number of hydrogen-bond acceptors (Lipinski definition) is 3. The maximum absolute atomic E-state index is 11.2.